The van der Waals surface area contributed by atoms with Gasteiger partial charge in [-0.2, -0.15) is 0 Å². The van der Waals surface area contributed by atoms with E-state index in [9.17, 15) is 0 Å². The minimum Gasteiger partial charge on any atom is -0.458 e. The van der Waals surface area contributed by atoms with Gasteiger partial charge in [-0.15, -0.1) is 22.7 Å². The Kier molecular flexibility index (Phi) is 11.9. The Morgan fingerprint density at radius 2 is 0.638 bits per heavy atom. The number of hydrogen-bond acceptors (Lipinski definition) is 8. The Hall–Kier alpha value is -11.6. The Bertz CT molecular complexity index is 5620. The second kappa shape index (κ2) is 21.0. The highest BCUT2D eigenvalue weighted by atomic mass is 32.1. The van der Waals surface area contributed by atoms with E-state index in [1.54, 1.807) is 0 Å². The third-order valence-electron chi connectivity index (χ3n) is 19.6. The van der Waals surface area contributed by atoms with Gasteiger partial charge in [0.15, 0.2) is 0 Å². The maximum Gasteiger partial charge on any atom is 0.256 e. The van der Waals surface area contributed by atoms with Crippen LogP contribution in [0.2, 0.25) is 0 Å². The summed E-state index contributed by atoms with van der Waals surface area (Å²) in [6.07, 6.45) is 0. The van der Waals surface area contributed by atoms with Crippen LogP contribution in [-0.4, -0.2) is 13.4 Å². The number of anilines is 15. The molecule has 6 nitrogen and oxygen atoms in total. The van der Waals surface area contributed by atoms with Gasteiger partial charge in [0.2, 0.25) is 0 Å². The van der Waals surface area contributed by atoms with E-state index in [0.717, 1.165) is 96.4 Å². The van der Waals surface area contributed by atoms with Crippen molar-refractivity contribution in [3.63, 3.8) is 0 Å². The summed E-state index contributed by atoms with van der Waals surface area (Å²) >= 11 is 3.79. The van der Waals surface area contributed by atoms with E-state index >= 15 is 0 Å². The fourth-order valence-electron chi connectivity index (χ4n) is 15.7. The van der Waals surface area contributed by atoms with E-state index in [4.69, 9.17) is 4.74 Å². The molecule has 0 amide bonds. The van der Waals surface area contributed by atoms with E-state index in [0.29, 0.717) is 0 Å². The number of rotatable bonds is 9. The highest BCUT2D eigenvalue weighted by Crippen LogP contribution is 2.54. The van der Waals surface area contributed by atoms with Crippen LogP contribution in [0.15, 0.2) is 322 Å². The zero-order valence-corrected chi connectivity index (χ0v) is 52.3. The van der Waals surface area contributed by atoms with E-state index in [-0.39, 0.29) is 13.4 Å². The van der Waals surface area contributed by atoms with Gasteiger partial charge in [-0.05, 0) is 148 Å². The largest absolute Gasteiger partial charge is 0.458 e. The van der Waals surface area contributed by atoms with E-state index in [2.05, 4.69) is 346 Å². The lowest BCUT2D eigenvalue weighted by Gasteiger charge is -2.46. The molecular weight excluding hydrogens is 1180 g/mol. The quantitative estimate of drug-likeness (QED) is 0.134. The van der Waals surface area contributed by atoms with E-state index in [1.807, 2.05) is 22.7 Å². The van der Waals surface area contributed by atoms with Gasteiger partial charge in [-0.3, -0.25) is 0 Å². The Balaban J connectivity index is 0.911. The average Bonchev–Trinajstić information content (AvgIpc) is 0.920. The molecule has 0 unspecified atom stereocenters. The lowest BCUT2D eigenvalue weighted by atomic mass is 9.30. The van der Waals surface area contributed by atoms with Crippen molar-refractivity contribution in [2.45, 2.75) is 0 Å². The van der Waals surface area contributed by atoms with Crippen molar-refractivity contribution in [2.24, 2.45) is 0 Å². The average molecular weight is 1230 g/mol. The fourth-order valence-corrected chi connectivity index (χ4v) is 18.2. The van der Waals surface area contributed by atoms with Crippen LogP contribution < -0.4 is 62.0 Å². The van der Waals surface area contributed by atoms with Crippen molar-refractivity contribution < 1.29 is 4.74 Å². The van der Waals surface area contributed by atoms with Crippen LogP contribution in [-0.2, 0) is 0 Å². The molecule has 4 aliphatic heterocycles. The van der Waals surface area contributed by atoms with Gasteiger partial charge < -0.3 is 29.2 Å². The molecule has 0 bridgehead atoms. The number of benzene rings is 14. The fraction of sp³-hybridized carbons (Fsp3) is 0. The molecule has 0 aliphatic carbocycles. The number of ether oxygens (including phenoxy) is 1. The molecular formula is C84H53B2N5OS2. The third kappa shape index (κ3) is 7.97. The zero-order valence-electron chi connectivity index (χ0n) is 50.7. The van der Waals surface area contributed by atoms with Crippen molar-refractivity contribution in [3.05, 3.63) is 322 Å². The first-order valence-electron chi connectivity index (χ1n) is 32.1. The predicted molar refractivity (Wildman–Crippen MR) is 401 cm³/mol. The molecule has 438 valence electrons. The number of hydrogen-bond donors (Lipinski definition) is 0. The summed E-state index contributed by atoms with van der Waals surface area (Å²) < 4.78 is 12.9. The summed E-state index contributed by atoms with van der Waals surface area (Å²) in [6, 6.07) is 118. The molecule has 14 aromatic carbocycles. The van der Waals surface area contributed by atoms with Crippen LogP contribution in [0.4, 0.5) is 85.3 Å². The second-order valence-corrected chi connectivity index (χ2v) is 26.8. The van der Waals surface area contributed by atoms with Crippen molar-refractivity contribution >= 4 is 195 Å². The minimum absolute atomic E-state index is 0.215. The monoisotopic (exact) mass is 1230 g/mol. The van der Waals surface area contributed by atoms with Crippen LogP contribution in [0.25, 0.3) is 40.3 Å². The standard InChI is InChI=1S/C84H53B2N5OS2/c1-8-26-54(27-9-1)87(55-28-10-2-11-29-55)61-48-72-79-73(49-61)90(59-36-18-6-19-37-59)81-67(46-44-65-63-40-22-24-42-77(63)93-83(65)81)85(79)69-52-70-75(53-71(69)89(72)58-34-16-5-17-35-58)92-76-51-62(88(56-30-12-3-13-31-56)57-32-14-4-15-33-57)50-74-80(76)86(70)68-47-45-66-64-41-23-25-43-78(64)94-84(66)82(68)91(74)60-38-20-7-21-39-60/h1-53H. The van der Waals surface area contributed by atoms with Gasteiger partial charge in [-0.25, -0.2) is 0 Å². The molecule has 6 heterocycles. The molecule has 0 spiro atoms. The van der Waals surface area contributed by atoms with Gasteiger partial charge in [0, 0.05) is 106 Å². The molecule has 2 aromatic heterocycles. The number of fused-ring (bicyclic) bond motifs is 16. The van der Waals surface area contributed by atoms with Crippen molar-refractivity contribution in [3.8, 4) is 11.5 Å². The van der Waals surface area contributed by atoms with Crippen LogP contribution >= 0.6 is 22.7 Å². The van der Waals surface area contributed by atoms with Crippen LogP contribution in [0, 0.1) is 0 Å². The molecule has 20 rings (SSSR count). The third-order valence-corrected chi connectivity index (χ3v) is 21.9. The number of para-hydroxylation sites is 7. The summed E-state index contributed by atoms with van der Waals surface area (Å²) in [5, 5.41) is 5.04. The molecule has 16 aromatic rings. The van der Waals surface area contributed by atoms with Crippen molar-refractivity contribution in [1.82, 2.24) is 0 Å². The lowest BCUT2D eigenvalue weighted by molar-refractivity contribution is 0.488. The first-order valence-corrected chi connectivity index (χ1v) is 33.8. The van der Waals surface area contributed by atoms with Crippen molar-refractivity contribution in [2.75, 3.05) is 24.5 Å². The Morgan fingerprint density at radius 1 is 0.266 bits per heavy atom. The first-order chi connectivity index (χ1) is 46.7. The Morgan fingerprint density at radius 3 is 1.10 bits per heavy atom. The van der Waals surface area contributed by atoms with Crippen LogP contribution in [0.3, 0.4) is 0 Å². The highest BCUT2D eigenvalue weighted by molar-refractivity contribution is 7.27. The van der Waals surface area contributed by atoms with E-state index < -0.39 is 0 Å². The predicted octanol–water partition coefficient (Wildman–Crippen LogP) is 19.8. The SMILES string of the molecule is c1ccc(N(c2ccccc2)c2cc3c4c(c2)N(c2ccccc2)c2c(ccc5c2sc2ccccc25)B4c2cc4c(cc2O3)N(c2ccccc2)c2cc(N(c3ccccc3)c3ccccc3)cc3c2B4c2ccc4c(sc5ccccc54)c2N3c2ccccc2)cc1. The zero-order chi connectivity index (χ0) is 61.5. The Labute approximate surface area is 553 Å². The molecule has 4 aliphatic rings. The number of nitrogens with zero attached hydrogens (tertiary/aromatic N) is 5. The topological polar surface area (TPSA) is 25.4 Å². The summed E-state index contributed by atoms with van der Waals surface area (Å²) in [5.74, 6) is 1.66. The molecule has 0 fully saturated rings. The molecule has 0 saturated heterocycles. The summed E-state index contributed by atoms with van der Waals surface area (Å²) in [4.78, 5) is 12.5. The summed E-state index contributed by atoms with van der Waals surface area (Å²) in [5.41, 5.74) is 23.6. The summed E-state index contributed by atoms with van der Waals surface area (Å²) in [7, 11) is 0. The number of thiophene rings is 2. The van der Waals surface area contributed by atoms with Crippen LogP contribution in [0.5, 0.6) is 11.5 Å². The summed E-state index contributed by atoms with van der Waals surface area (Å²) in [6.45, 7) is -0.444. The molecule has 0 atom stereocenters. The minimum atomic E-state index is -0.229. The van der Waals surface area contributed by atoms with Gasteiger partial charge in [0.25, 0.3) is 13.4 Å². The van der Waals surface area contributed by atoms with Gasteiger partial charge >= 0.3 is 0 Å². The maximum absolute atomic E-state index is 7.89. The molecule has 0 N–H and O–H groups in total. The molecule has 94 heavy (non-hydrogen) atoms. The highest BCUT2D eigenvalue weighted by Gasteiger charge is 2.49. The van der Waals surface area contributed by atoms with Crippen molar-refractivity contribution in [1.29, 1.82) is 0 Å². The maximum atomic E-state index is 7.89. The normalized spacial score (nSPS) is 13.1. The van der Waals surface area contributed by atoms with Gasteiger partial charge in [0.05, 0.1) is 32.1 Å². The van der Waals surface area contributed by atoms with Gasteiger partial charge in [-0.1, -0.05) is 194 Å². The molecule has 0 radical (unpaired) electrons. The van der Waals surface area contributed by atoms with E-state index in [1.165, 1.54) is 73.6 Å². The first kappa shape index (κ1) is 53.1. The molecule has 10 heteroatoms. The molecule has 0 saturated carbocycles. The van der Waals surface area contributed by atoms with Gasteiger partial charge in [0.1, 0.15) is 11.5 Å². The van der Waals surface area contributed by atoms with Crippen LogP contribution in [0.1, 0.15) is 0 Å². The second-order valence-electron chi connectivity index (χ2n) is 24.7. The smallest absolute Gasteiger partial charge is 0.256 e. The lowest BCUT2D eigenvalue weighted by Crippen LogP contribution is -2.64.